The fourth-order valence-corrected chi connectivity index (χ4v) is 7.30. The number of aromatic nitrogens is 1. The van der Waals surface area contributed by atoms with Crippen LogP contribution in [0.2, 0.25) is 0 Å². The van der Waals surface area contributed by atoms with Crippen molar-refractivity contribution in [2.75, 3.05) is 52.3 Å². The Morgan fingerprint density at radius 3 is 2.29 bits per heavy atom. The van der Waals surface area contributed by atoms with E-state index in [9.17, 15) is 13.2 Å². The van der Waals surface area contributed by atoms with Crippen molar-refractivity contribution in [3.63, 3.8) is 0 Å². The first kappa shape index (κ1) is 26.9. The number of benzene rings is 2. The molecular weight excluding hydrogens is 524 g/mol. The molecule has 0 N–H and O–H groups in total. The summed E-state index contributed by atoms with van der Waals surface area (Å²) in [6.45, 7) is 2.07. The van der Waals surface area contributed by atoms with Gasteiger partial charge in [0.05, 0.1) is 15.1 Å². The smallest absolute Gasteiger partial charge is 0.260 e. The Balaban J connectivity index is 1.41. The first-order valence-electron chi connectivity index (χ1n) is 13.0. The zero-order valence-electron chi connectivity index (χ0n) is 22.1. The van der Waals surface area contributed by atoms with Crippen LogP contribution in [0.1, 0.15) is 42.5 Å². The SMILES string of the molecule is CN(C)CCN(C(=O)c1ccc(S(=O)(=O)N(C)C2CCCCC2)cc1)c1nc2cc3c(cc2s1)OCCO3. The van der Waals surface area contributed by atoms with Gasteiger partial charge in [-0.1, -0.05) is 30.6 Å². The molecule has 1 amide bonds. The van der Waals surface area contributed by atoms with Crippen LogP contribution in [0.5, 0.6) is 11.5 Å². The zero-order chi connectivity index (χ0) is 26.9. The summed E-state index contributed by atoms with van der Waals surface area (Å²) in [6.07, 6.45) is 5.03. The zero-order valence-corrected chi connectivity index (χ0v) is 23.7. The maximum absolute atomic E-state index is 13.7. The van der Waals surface area contributed by atoms with Crippen molar-refractivity contribution in [1.29, 1.82) is 0 Å². The van der Waals surface area contributed by atoms with Crippen LogP contribution in [0, 0.1) is 0 Å². The molecule has 3 aromatic rings. The predicted molar refractivity (Wildman–Crippen MR) is 149 cm³/mol. The second-order valence-corrected chi connectivity index (χ2v) is 13.1. The van der Waals surface area contributed by atoms with E-state index in [2.05, 4.69) is 0 Å². The van der Waals surface area contributed by atoms with Crippen molar-refractivity contribution >= 4 is 42.6 Å². The largest absolute Gasteiger partial charge is 0.486 e. The van der Waals surface area contributed by atoms with E-state index in [1.54, 1.807) is 24.1 Å². The molecule has 9 nitrogen and oxygen atoms in total. The number of carbonyl (C=O) groups is 1. The van der Waals surface area contributed by atoms with Gasteiger partial charge in [-0.15, -0.1) is 0 Å². The van der Waals surface area contributed by atoms with Crippen LogP contribution in [0.15, 0.2) is 41.3 Å². The lowest BCUT2D eigenvalue weighted by Gasteiger charge is -2.30. The maximum Gasteiger partial charge on any atom is 0.260 e. The van der Waals surface area contributed by atoms with Gasteiger partial charge in [-0.25, -0.2) is 13.4 Å². The van der Waals surface area contributed by atoms with Gasteiger partial charge in [-0.3, -0.25) is 9.69 Å². The van der Waals surface area contributed by atoms with Crippen LogP contribution in [-0.4, -0.2) is 82.0 Å². The van der Waals surface area contributed by atoms with Crippen molar-refractivity contribution in [3.8, 4) is 11.5 Å². The Hall–Kier alpha value is -2.73. The van der Waals surface area contributed by atoms with Gasteiger partial charge in [0, 0.05) is 43.9 Å². The van der Waals surface area contributed by atoms with Crippen molar-refractivity contribution in [2.45, 2.75) is 43.0 Å². The number of likely N-dealkylation sites (N-methyl/N-ethyl adjacent to an activating group) is 1. The minimum atomic E-state index is -3.63. The fraction of sp³-hybridized carbons (Fsp3) is 0.481. The Bertz CT molecular complexity index is 1360. The second-order valence-electron chi connectivity index (χ2n) is 10.1. The number of ether oxygens (including phenoxy) is 2. The maximum atomic E-state index is 13.7. The number of thiazole rings is 1. The average molecular weight is 559 g/mol. The summed E-state index contributed by atoms with van der Waals surface area (Å²) in [6, 6.07) is 10.0. The van der Waals surface area contributed by atoms with Crippen molar-refractivity contribution in [2.24, 2.45) is 0 Å². The predicted octanol–water partition coefficient (Wildman–Crippen LogP) is 4.23. The highest BCUT2D eigenvalue weighted by Crippen LogP contribution is 2.39. The molecule has 0 radical (unpaired) electrons. The van der Waals surface area contributed by atoms with Gasteiger partial charge in [0.25, 0.3) is 5.91 Å². The topological polar surface area (TPSA) is 92.3 Å². The van der Waals surface area contributed by atoms with E-state index in [0.717, 1.165) is 42.3 Å². The molecular formula is C27H34N4O5S2. The van der Waals surface area contributed by atoms with Crippen LogP contribution in [-0.2, 0) is 10.0 Å². The highest BCUT2D eigenvalue weighted by molar-refractivity contribution is 7.89. The molecule has 1 saturated carbocycles. The summed E-state index contributed by atoms with van der Waals surface area (Å²) in [7, 11) is 1.93. The number of amides is 1. The summed E-state index contributed by atoms with van der Waals surface area (Å²) in [4.78, 5) is 22.3. The molecule has 38 heavy (non-hydrogen) atoms. The summed E-state index contributed by atoms with van der Waals surface area (Å²) in [5, 5.41) is 0.572. The molecule has 1 aliphatic heterocycles. The quantitative estimate of drug-likeness (QED) is 0.409. The van der Waals surface area contributed by atoms with Crippen molar-refractivity contribution < 1.29 is 22.7 Å². The van der Waals surface area contributed by atoms with Gasteiger partial charge in [-0.05, 0) is 51.2 Å². The molecule has 11 heteroatoms. The summed E-state index contributed by atoms with van der Waals surface area (Å²) < 4.78 is 40.3. The number of hydrogen-bond donors (Lipinski definition) is 0. The van der Waals surface area contributed by atoms with Gasteiger partial charge >= 0.3 is 0 Å². The van der Waals surface area contributed by atoms with E-state index in [1.165, 1.54) is 27.8 Å². The van der Waals surface area contributed by atoms with Crippen molar-refractivity contribution in [1.82, 2.24) is 14.2 Å². The van der Waals surface area contributed by atoms with Gasteiger partial charge in [-0.2, -0.15) is 4.31 Å². The second kappa shape index (κ2) is 11.2. The van der Waals surface area contributed by atoms with Crippen molar-refractivity contribution in [3.05, 3.63) is 42.0 Å². The lowest BCUT2D eigenvalue weighted by molar-refractivity contribution is 0.0985. The molecule has 0 bridgehead atoms. The van der Waals surface area contributed by atoms with Crippen LogP contribution in [0.4, 0.5) is 5.13 Å². The van der Waals surface area contributed by atoms with E-state index in [-0.39, 0.29) is 16.8 Å². The summed E-state index contributed by atoms with van der Waals surface area (Å²) >= 11 is 1.42. The van der Waals surface area contributed by atoms with E-state index < -0.39 is 10.0 Å². The lowest BCUT2D eigenvalue weighted by Crippen LogP contribution is -2.38. The Kier molecular flexibility index (Phi) is 7.90. The average Bonchev–Trinajstić information content (AvgIpc) is 3.34. The van der Waals surface area contributed by atoms with Gasteiger partial charge in [0.2, 0.25) is 10.0 Å². The third-order valence-corrected chi connectivity index (χ3v) is 10.1. The molecule has 0 unspecified atom stereocenters. The Labute approximate surface area is 228 Å². The lowest BCUT2D eigenvalue weighted by atomic mass is 9.96. The summed E-state index contributed by atoms with van der Waals surface area (Å²) in [5.74, 6) is 1.11. The number of carbonyl (C=O) groups excluding carboxylic acids is 1. The number of fused-ring (bicyclic) bond motifs is 2. The molecule has 0 atom stereocenters. The van der Waals surface area contributed by atoms with E-state index in [4.69, 9.17) is 14.5 Å². The standard InChI is InChI=1S/C27H34N4O5S2/c1-29(2)13-14-31(27-28-22-17-23-24(18-25(22)37-27)36-16-15-35-23)26(32)19-9-11-21(12-10-19)38(33,34)30(3)20-7-5-4-6-8-20/h9-12,17-18,20H,4-8,13-16H2,1-3H3. The number of hydrogen-bond acceptors (Lipinski definition) is 8. The Morgan fingerprint density at radius 2 is 1.63 bits per heavy atom. The van der Waals surface area contributed by atoms with Gasteiger partial charge in [0.1, 0.15) is 13.2 Å². The highest BCUT2D eigenvalue weighted by Gasteiger charge is 2.30. The highest BCUT2D eigenvalue weighted by atomic mass is 32.2. The van der Waals surface area contributed by atoms with Gasteiger partial charge < -0.3 is 14.4 Å². The van der Waals surface area contributed by atoms with Crippen LogP contribution < -0.4 is 14.4 Å². The van der Waals surface area contributed by atoms with E-state index in [1.807, 2.05) is 31.1 Å². The molecule has 1 fully saturated rings. The Morgan fingerprint density at radius 1 is 0.974 bits per heavy atom. The number of rotatable bonds is 8. The van der Waals surface area contributed by atoms with Gasteiger partial charge in [0.15, 0.2) is 16.6 Å². The molecule has 2 aliphatic rings. The molecule has 2 aromatic carbocycles. The molecule has 1 aliphatic carbocycles. The number of sulfonamides is 1. The third-order valence-electron chi connectivity index (χ3n) is 7.16. The fourth-order valence-electron chi connectivity index (χ4n) is 4.88. The molecule has 0 spiro atoms. The molecule has 2 heterocycles. The number of nitrogens with zero attached hydrogens (tertiary/aromatic N) is 4. The summed E-state index contributed by atoms with van der Waals surface area (Å²) in [5.41, 5.74) is 1.15. The minimum absolute atomic E-state index is 0.0251. The minimum Gasteiger partial charge on any atom is -0.486 e. The molecule has 0 saturated heterocycles. The first-order chi connectivity index (χ1) is 18.2. The van der Waals surface area contributed by atoms with Crippen LogP contribution in [0.3, 0.4) is 0 Å². The monoisotopic (exact) mass is 558 g/mol. The van der Waals surface area contributed by atoms with E-state index >= 15 is 0 Å². The van der Waals surface area contributed by atoms with E-state index in [0.29, 0.717) is 48.5 Å². The molecule has 5 rings (SSSR count). The van der Waals surface area contributed by atoms with Crippen LogP contribution >= 0.6 is 11.3 Å². The van der Waals surface area contributed by atoms with Crippen LogP contribution in [0.25, 0.3) is 10.2 Å². The first-order valence-corrected chi connectivity index (χ1v) is 15.2. The normalized spacial score (nSPS) is 16.3. The molecule has 1 aromatic heterocycles. The molecule has 204 valence electrons. The third kappa shape index (κ3) is 5.51. The number of anilines is 1.